The van der Waals surface area contributed by atoms with E-state index in [1.807, 2.05) is 0 Å². The molecule has 5 heteroatoms. The van der Waals surface area contributed by atoms with Gasteiger partial charge in [0.15, 0.2) is 5.96 Å². The standard InChI is InChI=1S/C18H38N4O/c1-5-19-18(20-14-16-11-8-12-17(16)23)21-15(4)10-9-13-22(6-2)7-3/h15-17,23H,5-14H2,1-4H3,(H2,19,20,21). The molecule has 1 saturated carbocycles. The van der Waals surface area contributed by atoms with Gasteiger partial charge in [0, 0.05) is 25.0 Å². The van der Waals surface area contributed by atoms with Gasteiger partial charge in [-0.1, -0.05) is 20.3 Å². The Balaban J connectivity index is 2.35. The van der Waals surface area contributed by atoms with Crippen molar-refractivity contribution in [3.8, 4) is 0 Å². The number of nitrogens with one attached hydrogen (secondary N) is 2. The molecule has 0 aromatic rings. The fourth-order valence-electron chi connectivity index (χ4n) is 3.23. The zero-order valence-corrected chi connectivity index (χ0v) is 15.6. The second-order valence-corrected chi connectivity index (χ2v) is 6.69. The number of guanidine groups is 1. The van der Waals surface area contributed by atoms with E-state index in [2.05, 4.69) is 48.2 Å². The molecule has 5 nitrogen and oxygen atoms in total. The van der Waals surface area contributed by atoms with Crippen LogP contribution in [0.5, 0.6) is 0 Å². The number of nitrogens with zero attached hydrogens (tertiary/aromatic N) is 2. The Morgan fingerprint density at radius 2 is 2.00 bits per heavy atom. The lowest BCUT2D eigenvalue weighted by atomic mass is 10.1. The molecule has 3 unspecified atom stereocenters. The Kier molecular flexibility index (Phi) is 10.3. The molecule has 0 spiro atoms. The van der Waals surface area contributed by atoms with Crippen LogP contribution in [0, 0.1) is 5.92 Å². The molecule has 1 rings (SSSR count). The third kappa shape index (κ3) is 8.02. The lowest BCUT2D eigenvalue weighted by molar-refractivity contribution is 0.136. The monoisotopic (exact) mass is 326 g/mol. The highest BCUT2D eigenvalue weighted by Gasteiger charge is 2.24. The van der Waals surface area contributed by atoms with E-state index in [0.717, 1.165) is 57.8 Å². The van der Waals surface area contributed by atoms with Gasteiger partial charge in [-0.15, -0.1) is 0 Å². The van der Waals surface area contributed by atoms with E-state index in [-0.39, 0.29) is 6.10 Å². The van der Waals surface area contributed by atoms with Crippen LogP contribution in [0.25, 0.3) is 0 Å². The van der Waals surface area contributed by atoms with Crippen LogP contribution in [-0.2, 0) is 0 Å². The van der Waals surface area contributed by atoms with Crippen LogP contribution < -0.4 is 10.6 Å². The van der Waals surface area contributed by atoms with Crippen LogP contribution in [-0.4, -0.2) is 60.8 Å². The minimum absolute atomic E-state index is 0.159. The maximum Gasteiger partial charge on any atom is 0.191 e. The third-order valence-corrected chi connectivity index (χ3v) is 4.84. The molecular formula is C18H38N4O. The smallest absolute Gasteiger partial charge is 0.191 e. The molecule has 136 valence electrons. The van der Waals surface area contributed by atoms with E-state index in [0.29, 0.717) is 12.0 Å². The highest BCUT2D eigenvalue weighted by atomic mass is 16.3. The molecule has 0 aromatic carbocycles. The fourth-order valence-corrected chi connectivity index (χ4v) is 3.23. The van der Waals surface area contributed by atoms with Crippen molar-refractivity contribution in [3.05, 3.63) is 0 Å². The van der Waals surface area contributed by atoms with Crippen LogP contribution in [0.4, 0.5) is 0 Å². The highest BCUT2D eigenvalue weighted by molar-refractivity contribution is 5.80. The summed E-state index contributed by atoms with van der Waals surface area (Å²) in [6.45, 7) is 13.8. The predicted octanol–water partition coefficient (Wildman–Crippen LogP) is 2.21. The summed E-state index contributed by atoms with van der Waals surface area (Å²) in [6, 6.07) is 0.414. The molecule has 3 atom stereocenters. The first-order chi connectivity index (χ1) is 11.1. The first-order valence-corrected chi connectivity index (χ1v) is 9.55. The fraction of sp³-hybridized carbons (Fsp3) is 0.944. The SMILES string of the molecule is CCNC(=NCC1CCCC1O)NC(C)CCCN(CC)CC. The zero-order chi connectivity index (χ0) is 17.1. The summed E-state index contributed by atoms with van der Waals surface area (Å²) in [5.41, 5.74) is 0. The lowest BCUT2D eigenvalue weighted by Crippen LogP contribution is -2.43. The summed E-state index contributed by atoms with van der Waals surface area (Å²) in [6.07, 6.45) is 5.36. The topological polar surface area (TPSA) is 59.9 Å². The Labute approximate surface area is 142 Å². The van der Waals surface area contributed by atoms with Crippen molar-refractivity contribution in [1.29, 1.82) is 0 Å². The largest absolute Gasteiger partial charge is 0.393 e. The Morgan fingerprint density at radius 1 is 1.26 bits per heavy atom. The quantitative estimate of drug-likeness (QED) is 0.425. The van der Waals surface area contributed by atoms with E-state index in [9.17, 15) is 5.11 Å². The third-order valence-electron chi connectivity index (χ3n) is 4.84. The maximum absolute atomic E-state index is 9.91. The number of rotatable bonds is 10. The van der Waals surface area contributed by atoms with Gasteiger partial charge in [-0.25, -0.2) is 0 Å². The van der Waals surface area contributed by atoms with Gasteiger partial charge in [0.1, 0.15) is 0 Å². The Morgan fingerprint density at radius 3 is 2.57 bits per heavy atom. The van der Waals surface area contributed by atoms with Gasteiger partial charge in [0.2, 0.25) is 0 Å². The molecule has 0 radical (unpaired) electrons. The van der Waals surface area contributed by atoms with Crippen molar-refractivity contribution in [2.75, 3.05) is 32.7 Å². The molecule has 0 amide bonds. The van der Waals surface area contributed by atoms with Crippen molar-refractivity contribution in [2.45, 2.75) is 71.9 Å². The van der Waals surface area contributed by atoms with E-state index >= 15 is 0 Å². The molecular weight excluding hydrogens is 288 g/mol. The molecule has 3 N–H and O–H groups in total. The van der Waals surface area contributed by atoms with Crippen LogP contribution >= 0.6 is 0 Å². The average molecular weight is 327 g/mol. The summed E-state index contributed by atoms with van der Waals surface area (Å²) in [5, 5.41) is 16.7. The van der Waals surface area contributed by atoms with E-state index < -0.39 is 0 Å². The zero-order valence-electron chi connectivity index (χ0n) is 15.6. The second-order valence-electron chi connectivity index (χ2n) is 6.69. The van der Waals surface area contributed by atoms with Crippen molar-refractivity contribution < 1.29 is 5.11 Å². The summed E-state index contributed by atoms with van der Waals surface area (Å²) in [4.78, 5) is 7.15. The van der Waals surface area contributed by atoms with Crippen LogP contribution in [0.15, 0.2) is 4.99 Å². The van der Waals surface area contributed by atoms with Gasteiger partial charge in [0.05, 0.1) is 6.10 Å². The lowest BCUT2D eigenvalue weighted by Gasteiger charge is -2.21. The van der Waals surface area contributed by atoms with Crippen LogP contribution in [0.2, 0.25) is 0 Å². The molecule has 23 heavy (non-hydrogen) atoms. The molecule has 1 fully saturated rings. The van der Waals surface area contributed by atoms with Gasteiger partial charge >= 0.3 is 0 Å². The minimum atomic E-state index is -0.159. The minimum Gasteiger partial charge on any atom is -0.393 e. The normalized spacial score (nSPS) is 23.3. The van der Waals surface area contributed by atoms with Gasteiger partial charge < -0.3 is 20.6 Å². The van der Waals surface area contributed by atoms with Gasteiger partial charge in [-0.3, -0.25) is 4.99 Å². The molecule has 0 bridgehead atoms. The highest BCUT2D eigenvalue weighted by Crippen LogP contribution is 2.25. The maximum atomic E-state index is 9.91. The number of hydrogen-bond donors (Lipinski definition) is 3. The van der Waals surface area contributed by atoms with Gasteiger partial charge in [0.25, 0.3) is 0 Å². The summed E-state index contributed by atoms with van der Waals surface area (Å²) in [5.74, 6) is 1.23. The number of aliphatic hydroxyl groups excluding tert-OH is 1. The predicted molar refractivity (Wildman–Crippen MR) is 98.9 cm³/mol. The van der Waals surface area contributed by atoms with Crippen molar-refractivity contribution in [1.82, 2.24) is 15.5 Å². The van der Waals surface area contributed by atoms with Crippen molar-refractivity contribution in [3.63, 3.8) is 0 Å². The molecule has 0 aromatic heterocycles. The number of aliphatic imine (C=N–C) groups is 1. The first kappa shape index (κ1) is 20.2. The number of aliphatic hydroxyl groups is 1. The van der Waals surface area contributed by atoms with Crippen molar-refractivity contribution in [2.24, 2.45) is 10.9 Å². The second kappa shape index (κ2) is 11.7. The van der Waals surface area contributed by atoms with Crippen LogP contribution in [0.3, 0.4) is 0 Å². The Hall–Kier alpha value is -0.810. The molecule has 0 aliphatic heterocycles. The van der Waals surface area contributed by atoms with Gasteiger partial charge in [-0.05, 0) is 59.2 Å². The first-order valence-electron chi connectivity index (χ1n) is 9.55. The number of hydrogen-bond acceptors (Lipinski definition) is 3. The van der Waals surface area contributed by atoms with E-state index in [1.165, 1.54) is 13.0 Å². The molecule has 1 aliphatic carbocycles. The average Bonchev–Trinajstić information content (AvgIpc) is 2.94. The van der Waals surface area contributed by atoms with Crippen molar-refractivity contribution >= 4 is 5.96 Å². The van der Waals surface area contributed by atoms with E-state index in [1.54, 1.807) is 0 Å². The van der Waals surface area contributed by atoms with E-state index in [4.69, 9.17) is 0 Å². The van der Waals surface area contributed by atoms with Crippen LogP contribution in [0.1, 0.15) is 59.8 Å². The molecule has 0 saturated heterocycles. The summed E-state index contributed by atoms with van der Waals surface area (Å²) < 4.78 is 0. The molecule has 0 heterocycles. The van der Waals surface area contributed by atoms with Gasteiger partial charge in [-0.2, -0.15) is 0 Å². The summed E-state index contributed by atoms with van der Waals surface area (Å²) >= 11 is 0. The Bertz CT molecular complexity index is 331. The summed E-state index contributed by atoms with van der Waals surface area (Å²) in [7, 11) is 0. The molecule has 1 aliphatic rings.